The number of fused-ring (bicyclic) bond motifs is 2. The first-order chi connectivity index (χ1) is 20.2. The van der Waals surface area contributed by atoms with Crippen LogP contribution in [-0.2, 0) is 0 Å². The van der Waals surface area contributed by atoms with Crippen molar-refractivity contribution in [1.29, 1.82) is 5.26 Å². The van der Waals surface area contributed by atoms with Crippen molar-refractivity contribution in [1.82, 2.24) is 4.98 Å². The van der Waals surface area contributed by atoms with Crippen molar-refractivity contribution in [2.45, 2.75) is 0 Å². The average molecular weight is 521 g/mol. The smallest absolute Gasteiger partial charge is 0.135 e. The second-order valence-electron chi connectivity index (χ2n) is 10.7. The highest BCUT2D eigenvalue weighted by Gasteiger charge is 2.22. The van der Waals surface area contributed by atoms with E-state index in [1.165, 1.54) is 37.9 Å². The van der Waals surface area contributed by atoms with E-state index >= 15 is 0 Å². The number of nitrogens with zero attached hydrogens (tertiary/aromatic N) is 2. The monoisotopic (exact) mass is 520 g/mol. The fraction of sp³-hybridized carbons (Fsp3) is 0. The Morgan fingerprint density at radius 2 is 1.22 bits per heavy atom. The third-order valence-electron chi connectivity index (χ3n) is 8.48. The molecule has 9 rings (SSSR count). The van der Waals surface area contributed by atoms with Crippen LogP contribution < -0.4 is 4.74 Å². The van der Waals surface area contributed by atoms with Gasteiger partial charge in [-0.1, -0.05) is 54.6 Å². The van der Waals surface area contributed by atoms with Crippen molar-refractivity contribution in [3.8, 4) is 50.9 Å². The molecule has 0 unspecified atom stereocenters. The van der Waals surface area contributed by atoms with Crippen molar-refractivity contribution in [2.75, 3.05) is 0 Å². The third kappa shape index (κ3) is 3.16. The maximum Gasteiger partial charge on any atom is 0.135 e. The van der Waals surface area contributed by atoms with Gasteiger partial charge in [0.25, 0.3) is 0 Å². The van der Waals surface area contributed by atoms with E-state index in [4.69, 9.17) is 4.74 Å². The van der Waals surface area contributed by atoms with Gasteiger partial charge >= 0.3 is 0 Å². The zero-order valence-corrected chi connectivity index (χ0v) is 21.8. The zero-order chi connectivity index (χ0) is 27.1. The summed E-state index contributed by atoms with van der Waals surface area (Å²) in [6.45, 7) is 0. The Morgan fingerprint density at radius 3 is 1.88 bits per heavy atom. The Labute approximate surface area is 235 Å². The van der Waals surface area contributed by atoms with Crippen molar-refractivity contribution in [3.05, 3.63) is 127 Å². The van der Waals surface area contributed by atoms with Gasteiger partial charge in [0, 0.05) is 34.3 Å². The Hall–Kier alpha value is -5.72. The summed E-state index contributed by atoms with van der Waals surface area (Å²) in [5.41, 5.74) is 7.38. The molecule has 0 aliphatic carbocycles. The fourth-order valence-electron chi connectivity index (χ4n) is 6.61. The molecular weight excluding hydrogens is 500 g/mol. The van der Waals surface area contributed by atoms with Gasteiger partial charge in [0.15, 0.2) is 0 Å². The molecule has 0 spiro atoms. The Kier molecular flexibility index (Phi) is 4.40. The molecule has 3 nitrogen and oxygen atoms in total. The molecule has 1 aliphatic heterocycles. The molecule has 0 radical (unpaired) electrons. The highest BCUT2D eigenvalue weighted by atomic mass is 16.5. The quantitative estimate of drug-likeness (QED) is 0.213. The minimum Gasteiger partial charge on any atom is -0.456 e. The molecule has 3 heteroatoms. The van der Waals surface area contributed by atoms with Crippen LogP contribution in [0, 0.1) is 11.3 Å². The molecule has 0 fully saturated rings. The van der Waals surface area contributed by atoms with E-state index in [0.29, 0.717) is 5.56 Å². The zero-order valence-electron chi connectivity index (χ0n) is 21.8. The van der Waals surface area contributed by atoms with Gasteiger partial charge in [-0.2, -0.15) is 5.26 Å². The molecule has 0 atom stereocenters. The molecule has 0 bridgehead atoms. The van der Waals surface area contributed by atoms with Gasteiger partial charge in [0.1, 0.15) is 11.5 Å². The summed E-state index contributed by atoms with van der Waals surface area (Å²) in [6, 6.07) is 40.8. The minimum absolute atomic E-state index is 0.663. The SMILES string of the molecule is N#Cc1ccc2c3c(cccc13)Oc1cc(-c3cc4ccc5cc(-c6cccnc6)cc6ccc(c3)c4c56)ccc1-2. The number of nitriles is 1. The van der Waals surface area contributed by atoms with Crippen LogP contribution in [0.5, 0.6) is 11.5 Å². The minimum atomic E-state index is 0.663. The van der Waals surface area contributed by atoms with Crippen LogP contribution in [0.3, 0.4) is 0 Å². The first kappa shape index (κ1) is 22.1. The summed E-state index contributed by atoms with van der Waals surface area (Å²) in [4.78, 5) is 4.31. The molecule has 1 aliphatic rings. The van der Waals surface area contributed by atoms with E-state index in [-0.39, 0.29) is 0 Å². The second-order valence-corrected chi connectivity index (χ2v) is 10.7. The molecule has 41 heavy (non-hydrogen) atoms. The predicted molar refractivity (Wildman–Crippen MR) is 167 cm³/mol. The Balaban J connectivity index is 1.19. The van der Waals surface area contributed by atoms with E-state index in [1.54, 1.807) is 0 Å². The van der Waals surface area contributed by atoms with Gasteiger partial charge in [-0.25, -0.2) is 0 Å². The van der Waals surface area contributed by atoms with Crippen LogP contribution in [0.2, 0.25) is 0 Å². The van der Waals surface area contributed by atoms with Crippen LogP contribution in [0.4, 0.5) is 0 Å². The standard InChI is InChI=1S/C38H20N2O/c39-20-27-11-13-33-32-12-10-22(19-35(32)41-34-5-1-4-31(27)38(33)34)29-15-23-6-8-25-17-30(28-3-2-14-40-21-28)18-26-9-7-24(16-29)36(23)37(25)26/h1-19,21H. The lowest BCUT2D eigenvalue weighted by molar-refractivity contribution is 0.487. The average Bonchev–Trinajstić information content (AvgIpc) is 3.03. The predicted octanol–water partition coefficient (Wildman–Crippen LogP) is 10.1. The van der Waals surface area contributed by atoms with Crippen LogP contribution in [0.15, 0.2) is 122 Å². The summed E-state index contributed by atoms with van der Waals surface area (Å²) >= 11 is 0. The molecule has 7 aromatic carbocycles. The molecule has 1 aromatic heterocycles. The summed E-state index contributed by atoms with van der Waals surface area (Å²) in [6.07, 6.45) is 3.73. The van der Waals surface area contributed by atoms with Gasteiger partial charge in [0.2, 0.25) is 0 Å². The van der Waals surface area contributed by atoms with Crippen molar-refractivity contribution in [2.24, 2.45) is 0 Å². The van der Waals surface area contributed by atoms with Crippen LogP contribution in [-0.4, -0.2) is 4.98 Å². The van der Waals surface area contributed by atoms with E-state index in [1.807, 2.05) is 48.8 Å². The summed E-state index contributed by atoms with van der Waals surface area (Å²) in [5, 5.41) is 19.1. The van der Waals surface area contributed by atoms with E-state index in [2.05, 4.69) is 83.8 Å². The molecule has 0 amide bonds. The van der Waals surface area contributed by atoms with Crippen molar-refractivity contribution >= 4 is 43.1 Å². The first-order valence-electron chi connectivity index (χ1n) is 13.7. The number of ether oxygens (including phenoxy) is 1. The normalized spacial score (nSPS) is 12.1. The number of rotatable bonds is 2. The molecular formula is C38H20N2O. The van der Waals surface area contributed by atoms with E-state index in [9.17, 15) is 5.26 Å². The lowest BCUT2D eigenvalue weighted by Crippen LogP contribution is -1.98. The van der Waals surface area contributed by atoms with Crippen LogP contribution >= 0.6 is 0 Å². The lowest BCUT2D eigenvalue weighted by atomic mass is 9.88. The molecule has 0 N–H and O–H groups in total. The Morgan fingerprint density at radius 1 is 0.537 bits per heavy atom. The third-order valence-corrected chi connectivity index (χ3v) is 8.48. The summed E-state index contributed by atoms with van der Waals surface area (Å²) in [7, 11) is 0. The number of hydrogen-bond donors (Lipinski definition) is 0. The number of aromatic nitrogens is 1. The second kappa shape index (κ2) is 8.14. The maximum atomic E-state index is 9.61. The first-order valence-corrected chi connectivity index (χ1v) is 13.7. The lowest BCUT2D eigenvalue weighted by Gasteiger charge is -2.22. The van der Waals surface area contributed by atoms with Crippen LogP contribution in [0.25, 0.3) is 76.5 Å². The van der Waals surface area contributed by atoms with Gasteiger partial charge in [0.05, 0.1) is 11.6 Å². The molecule has 0 saturated carbocycles. The van der Waals surface area contributed by atoms with E-state index < -0.39 is 0 Å². The number of pyridine rings is 1. The molecule has 0 saturated heterocycles. The molecule has 2 heterocycles. The number of benzene rings is 7. The topological polar surface area (TPSA) is 45.9 Å². The van der Waals surface area contributed by atoms with Crippen LogP contribution in [0.1, 0.15) is 5.56 Å². The van der Waals surface area contributed by atoms with Gasteiger partial charge in [-0.3, -0.25) is 4.98 Å². The number of hydrogen-bond acceptors (Lipinski definition) is 3. The van der Waals surface area contributed by atoms with Gasteiger partial charge < -0.3 is 4.74 Å². The Bertz CT molecular complexity index is 2330. The highest BCUT2D eigenvalue weighted by Crippen LogP contribution is 2.48. The van der Waals surface area contributed by atoms with Crippen molar-refractivity contribution < 1.29 is 4.74 Å². The maximum absolute atomic E-state index is 9.61. The summed E-state index contributed by atoms with van der Waals surface area (Å²) in [5.74, 6) is 1.63. The van der Waals surface area contributed by atoms with Gasteiger partial charge in [-0.05, 0) is 109 Å². The largest absolute Gasteiger partial charge is 0.456 e. The molecule has 188 valence electrons. The van der Waals surface area contributed by atoms with Gasteiger partial charge in [-0.15, -0.1) is 0 Å². The highest BCUT2D eigenvalue weighted by molar-refractivity contribution is 6.24. The fourth-order valence-corrected chi connectivity index (χ4v) is 6.61. The summed E-state index contributed by atoms with van der Waals surface area (Å²) < 4.78 is 6.44. The molecule has 8 aromatic rings. The van der Waals surface area contributed by atoms with E-state index in [0.717, 1.165) is 50.1 Å². The van der Waals surface area contributed by atoms with Crippen molar-refractivity contribution in [3.63, 3.8) is 0 Å².